The normalized spacial score (nSPS) is 18.0. The predicted octanol–water partition coefficient (Wildman–Crippen LogP) is 4.40. The fourth-order valence-electron chi connectivity index (χ4n) is 4.26. The lowest BCUT2D eigenvalue weighted by Crippen LogP contribution is -2.38. The number of carbonyl (C=O) groups excluding carboxylic acids is 1. The highest BCUT2D eigenvalue weighted by molar-refractivity contribution is 8.26. The van der Waals surface area contributed by atoms with Crippen LogP contribution < -0.4 is 10.5 Å². The van der Waals surface area contributed by atoms with Crippen molar-refractivity contribution in [2.24, 2.45) is 0 Å². The Morgan fingerprint density at radius 2 is 1.85 bits per heavy atom. The molecule has 0 aromatic carbocycles. The number of hydrogen-bond acceptors (Lipinski definition) is 7. The molecule has 2 aromatic rings. The second-order valence-corrected chi connectivity index (χ2v) is 10.5. The molecule has 0 unspecified atom stereocenters. The van der Waals surface area contributed by atoms with E-state index in [0.717, 1.165) is 18.4 Å². The zero-order valence-corrected chi connectivity index (χ0v) is 21.6. The summed E-state index contributed by atoms with van der Waals surface area (Å²) in [7, 11) is 0. The quantitative estimate of drug-likeness (QED) is 0.287. The number of aromatic nitrogens is 2. The summed E-state index contributed by atoms with van der Waals surface area (Å²) in [6, 6.07) is 3.79. The van der Waals surface area contributed by atoms with Gasteiger partial charge in [-0.1, -0.05) is 69.1 Å². The van der Waals surface area contributed by atoms with Crippen LogP contribution in [0, 0.1) is 6.92 Å². The minimum atomic E-state index is -0.184. The smallest absolute Gasteiger partial charge is 0.267 e. The number of thioether (sulfide) groups is 1. The van der Waals surface area contributed by atoms with Gasteiger partial charge in [0.2, 0.25) is 0 Å². The molecule has 4 heterocycles. The van der Waals surface area contributed by atoms with Crippen molar-refractivity contribution in [3.8, 4) is 0 Å². The standard InChI is InChI=1S/C25H32N4O3S2/c1-3-4-5-6-7-8-11-28-24(31)20(34-25(28)33)16-19-22(27-12-14-32-15-13-27)26-21-10-9-18(2)17-29(21)23(19)30/h9-10,16-17H,3-8,11-15H2,1-2H3. The van der Waals surface area contributed by atoms with Crippen LogP contribution in [-0.2, 0) is 9.53 Å². The van der Waals surface area contributed by atoms with E-state index in [2.05, 4.69) is 11.8 Å². The number of carbonyl (C=O) groups is 1. The maximum absolute atomic E-state index is 13.6. The van der Waals surface area contributed by atoms with Gasteiger partial charge in [0.05, 0.1) is 23.7 Å². The number of aryl methyl sites for hydroxylation is 1. The molecule has 2 aromatic heterocycles. The zero-order chi connectivity index (χ0) is 24.1. The summed E-state index contributed by atoms with van der Waals surface area (Å²) in [6.07, 6.45) is 10.4. The Balaban J connectivity index is 1.62. The first-order valence-electron chi connectivity index (χ1n) is 12.1. The monoisotopic (exact) mass is 500 g/mol. The van der Waals surface area contributed by atoms with E-state index >= 15 is 0 Å². The van der Waals surface area contributed by atoms with Crippen LogP contribution >= 0.6 is 24.0 Å². The SMILES string of the molecule is CCCCCCCCN1C(=O)C(=Cc2c(N3CCOCC3)nc3ccc(C)cn3c2=O)SC1=S. The fourth-order valence-corrected chi connectivity index (χ4v) is 5.55. The van der Waals surface area contributed by atoms with Crippen molar-refractivity contribution in [3.63, 3.8) is 0 Å². The number of rotatable bonds is 9. The lowest BCUT2D eigenvalue weighted by atomic mass is 10.1. The molecule has 34 heavy (non-hydrogen) atoms. The van der Waals surface area contributed by atoms with Crippen molar-refractivity contribution in [2.45, 2.75) is 52.4 Å². The molecule has 182 valence electrons. The summed E-state index contributed by atoms with van der Waals surface area (Å²) >= 11 is 6.79. The number of unbranched alkanes of at least 4 members (excludes halogenated alkanes) is 5. The van der Waals surface area contributed by atoms with Crippen LogP contribution in [0.4, 0.5) is 5.82 Å². The van der Waals surface area contributed by atoms with Crippen LogP contribution in [0.1, 0.15) is 56.6 Å². The Morgan fingerprint density at radius 3 is 2.62 bits per heavy atom. The maximum Gasteiger partial charge on any atom is 0.267 e. The highest BCUT2D eigenvalue weighted by Gasteiger charge is 2.32. The Hall–Kier alpha value is -2.23. The minimum Gasteiger partial charge on any atom is -0.378 e. The van der Waals surface area contributed by atoms with Gasteiger partial charge in [0.25, 0.3) is 11.5 Å². The van der Waals surface area contributed by atoms with Crippen LogP contribution in [0.5, 0.6) is 0 Å². The molecular formula is C25H32N4O3S2. The van der Waals surface area contributed by atoms with Gasteiger partial charge in [-0.05, 0) is 31.1 Å². The molecule has 0 aliphatic carbocycles. The molecule has 4 rings (SSSR count). The number of thiocarbonyl (C=S) groups is 1. The molecule has 0 N–H and O–H groups in total. The fraction of sp³-hybridized carbons (Fsp3) is 0.520. The number of pyridine rings is 1. The molecule has 0 radical (unpaired) electrons. The molecule has 0 spiro atoms. The van der Waals surface area contributed by atoms with E-state index in [1.165, 1.54) is 37.4 Å². The van der Waals surface area contributed by atoms with Crippen LogP contribution in [0.2, 0.25) is 0 Å². The van der Waals surface area contributed by atoms with Gasteiger partial charge in [-0.3, -0.25) is 18.9 Å². The van der Waals surface area contributed by atoms with Crippen LogP contribution in [0.25, 0.3) is 11.7 Å². The largest absolute Gasteiger partial charge is 0.378 e. The molecule has 0 atom stereocenters. The van der Waals surface area contributed by atoms with Gasteiger partial charge >= 0.3 is 0 Å². The summed E-state index contributed by atoms with van der Waals surface area (Å²) in [4.78, 5) is 35.8. The van der Waals surface area contributed by atoms with E-state index in [-0.39, 0.29) is 11.5 Å². The van der Waals surface area contributed by atoms with Gasteiger partial charge < -0.3 is 9.64 Å². The van der Waals surface area contributed by atoms with E-state index in [9.17, 15) is 9.59 Å². The third kappa shape index (κ3) is 5.53. The zero-order valence-electron chi connectivity index (χ0n) is 19.9. The Kier molecular flexibility index (Phi) is 8.39. The number of anilines is 1. The maximum atomic E-state index is 13.6. The summed E-state index contributed by atoms with van der Waals surface area (Å²) in [5.74, 6) is 0.476. The average Bonchev–Trinajstić information content (AvgIpc) is 3.11. The summed E-state index contributed by atoms with van der Waals surface area (Å²) in [6.45, 7) is 7.22. The molecule has 2 aliphatic heterocycles. The van der Waals surface area contributed by atoms with Crippen molar-refractivity contribution in [3.05, 3.63) is 44.7 Å². The summed E-state index contributed by atoms with van der Waals surface area (Å²) in [5.41, 5.74) is 1.79. The number of fused-ring (bicyclic) bond motifs is 1. The van der Waals surface area contributed by atoms with Crippen molar-refractivity contribution < 1.29 is 9.53 Å². The minimum absolute atomic E-state index is 0.120. The first-order chi connectivity index (χ1) is 16.5. The summed E-state index contributed by atoms with van der Waals surface area (Å²) in [5, 5.41) is 0. The van der Waals surface area contributed by atoms with E-state index in [4.69, 9.17) is 21.9 Å². The van der Waals surface area contributed by atoms with Gasteiger partial charge in [-0.2, -0.15) is 0 Å². The number of nitrogens with zero attached hydrogens (tertiary/aromatic N) is 4. The van der Waals surface area contributed by atoms with Gasteiger partial charge in [-0.25, -0.2) is 4.98 Å². The number of amides is 1. The van der Waals surface area contributed by atoms with Gasteiger partial charge in [0.15, 0.2) is 0 Å². The summed E-state index contributed by atoms with van der Waals surface area (Å²) < 4.78 is 7.61. The topological polar surface area (TPSA) is 67.2 Å². The third-order valence-corrected chi connectivity index (χ3v) is 7.56. The molecule has 9 heteroatoms. The van der Waals surface area contributed by atoms with Gasteiger partial charge in [-0.15, -0.1) is 0 Å². The van der Waals surface area contributed by atoms with E-state index < -0.39 is 0 Å². The van der Waals surface area contributed by atoms with E-state index in [1.807, 2.05) is 19.1 Å². The number of morpholine rings is 1. The Bertz CT molecular complexity index is 1150. The van der Waals surface area contributed by atoms with Gasteiger partial charge in [0, 0.05) is 25.8 Å². The van der Waals surface area contributed by atoms with Crippen LogP contribution in [0.3, 0.4) is 0 Å². The first kappa shape index (κ1) is 24.9. The highest BCUT2D eigenvalue weighted by Crippen LogP contribution is 2.34. The molecule has 0 saturated carbocycles. The lowest BCUT2D eigenvalue weighted by Gasteiger charge is -2.29. The van der Waals surface area contributed by atoms with Crippen LogP contribution in [-0.4, -0.2) is 57.4 Å². The molecule has 2 aliphatic rings. The van der Waals surface area contributed by atoms with E-state index in [1.54, 1.807) is 21.6 Å². The number of hydrogen-bond donors (Lipinski definition) is 0. The van der Waals surface area contributed by atoms with Crippen molar-refractivity contribution in [2.75, 3.05) is 37.7 Å². The molecule has 1 amide bonds. The second-order valence-electron chi connectivity index (χ2n) is 8.79. The second kappa shape index (κ2) is 11.5. The Labute approximate surface area is 210 Å². The van der Waals surface area contributed by atoms with Gasteiger partial charge in [0.1, 0.15) is 15.8 Å². The first-order valence-corrected chi connectivity index (χ1v) is 13.3. The van der Waals surface area contributed by atoms with Crippen molar-refractivity contribution in [1.29, 1.82) is 0 Å². The highest BCUT2D eigenvalue weighted by atomic mass is 32.2. The molecule has 7 nitrogen and oxygen atoms in total. The molecule has 2 fully saturated rings. The lowest BCUT2D eigenvalue weighted by molar-refractivity contribution is -0.122. The predicted molar refractivity (Wildman–Crippen MR) is 142 cm³/mol. The molecular weight excluding hydrogens is 468 g/mol. The molecule has 0 bridgehead atoms. The molecule has 2 saturated heterocycles. The average molecular weight is 501 g/mol. The van der Waals surface area contributed by atoms with Crippen LogP contribution in [0.15, 0.2) is 28.0 Å². The van der Waals surface area contributed by atoms with Crippen molar-refractivity contribution in [1.82, 2.24) is 14.3 Å². The third-order valence-electron chi connectivity index (χ3n) is 6.18. The Morgan fingerprint density at radius 1 is 1.12 bits per heavy atom. The van der Waals surface area contributed by atoms with E-state index in [0.29, 0.717) is 59.1 Å². The number of ether oxygens (including phenoxy) is 1. The van der Waals surface area contributed by atoms with Crippen molar-refractivity contribution >= 4 is 51.7 Å².